The third-order valence-electron chi connectivity index (χ3n) is 0.357. The summed E-state index contributed by atoms with van der Waals surface area (Å²) < 4.78 is 0. The van der Waals surface area contributed by atoms with Crippen molar-refractivity contribution in [3.05, 3.63) is 18.2 Å². The van der Waals surface area contributed by atoms with Crippen molar-refractivity contribution in [3.8, 4) is 0 Å². The molecule has 2 heteroatoms. The van der Waals surface area contributed by atoms with Crippen molar-refractivity contribution in [2.24, 2.45) is 0 Å². The standard InChI is InChI=1S/C5H6O.Pd/c1-2-3-4-5-6;/h2-4H,1H3;. The van der Waals surface area contributed by atoms with Gasteiger partial charge in [-0.25, -0.2) is 4.79 Å². The van der Waals surface area contributed by atoms with Gasteiger partial charge in [0.05, 0.1) is 0 Å². The molecule has 0 aromatic carbocycles. The van der Waals surface area contributed by atoms with E-state index in [4.69, 9.17) is 0 Å². The van der Waals surface area contributed by atoms with Crippen LogP contribution in [0.15, 0.2) is 18.2 Å². The Morgan fingerprint density at radius 3 is 2.29 bits per heavy atom. The van der Waals surface area contributed by atoms with E-state index in [0.717, 1.165) is 0 Å². The molecule has 0 fully saturated rings. The second kappa shape index (κ2) is 9.29. The fraction of sp³-hybridized carbons (Fsp3) is 0.200. The van der Waals surface area contributed by atoms with Crippen LogP contribution in [0, 0.1) is 0 Å². The number of allylic oxidation sites excluding steroid dienone is 3. The Labute approximate surface area is 56.8 Å². The summed E-state index contributed by atoms with van der Waals surface area (Å²) >= 11 is 0. The van der Waals surface area contributed by atoms with Crippen LogP contribution in [0.5, 0.6) is 0 Å². The minimum atomic E-state index is 0. The molecular weight excluding hydrogens is 182 g/mol. The van der Waals surface area contributed by atoms with Gasteiger partial charge in [0.15, 0.2) is 0 Å². The second-order valence-electron chi connectivity index (χ2n) is 0.810. The van der Waals surface area contributed by atoms with Gasteiger partial charge in [-0.05, 0) is 6.92 Å². The molecule has 0 radical (unpaired) electrons. The molecule has 0 rings (SSSR count). The zero-order valence-electron chi connectivity index (χ0n) is 3.96. The van der Waals surface area contributed by atoms with Crippen molar-refractivity contribution in [3.63, 3.8) is 0 Å². The van der Waals surface area contributed by atoms with Crippen LogP contribution in [-0.2, 0) is 25.2 Å². The molecule has 0 aliphatic rings. The number of hydrogen-bond acceptors (Lipinski definition) is 1. The minimum absolute atomic E-state index is 0. The van der Waals surface area contributed by atoms with Crippen molar-refractivity contribution >= 4 is 5.94 Å². The Hall–Kier alpha value is -0.148. The van der Waals surface area contributed by atoms with Crippen LogP contribution in [0.25, 0.3) is 0 Å². The molecule has 0 aromatic rings. The van der Waals surface area contributed by atoms with Crippen LogP contribution in [0.1, 0.15) is 6.92 Å². The molecule has 0 saturated heterocycles. The van der Waals surface area contributed by atoms with Crippen LogP contribution in [0.2, 0.25) is 0 Å². The predicted molar refractivity (Wildman–Crippen MR) is 25.1 cm³/mol. The average molecular weight is 189 g/mol. The number of carbonyl (C=O) groups excluding carboxylic acids is 1. The molecule has 0 aliphatic heterocycles. The van der Waals surface area contributed by atoms with E-state index in [1.54, 1.807) is 18.1 Å². The largest absolute Gasteiger partial charge is 0.234 e. The molecule has 0 spiro atoms. The molecule has 0 heterocycles. The summed E-state index contributed by atoms with van der Waals surface area (Å²) in [5.74, 6) is 1.61. The quantitative estimate of drug-likeness (QED) is 0.340. The smallest absolute Gasteiger partial charge is 0.124 e. The average Bonchev–Trinajstić information content (AvgIpc) is 1.61. The molecule has 0 aliphatic carbocycles. The molecule has 7 heavy (non-hydrogen) atoms. The molecular formula is C5H6OPd. The first kappa shape index (κ1) is 9.97. The summed E-state index contributed by atoms with van der Waals surface area (Å²) in [6.45, 7) is 1.84. The molecule has 0 atom stereocenters. The Morgan fingerprint density at radius 1 is 1.57 bits per heavy atom. The van der Waals surface area contributed by atoms with Crippen LogP contribution in [0.3, 0.4) is 0 Å². The van der Waals surface area contributed by atoms with Crippen LogP contribution < -0.4 is 0 Å². The third kappa shape index (κ3) is 10.7. The van der Waals surface area contributed by atoms with Crippen molar-refractivity contribution in [1.82, 2.24) is 0 Å². The van der Waals surface area contributed by atoms with Gasteiger partial charge in [-0.2, -0.15) is 0 Å². The summed E-state index contributed by atoms with van der Waals surface area (Å²) in [7, 11) is 0. The Balaban J connectivity index is 0. The van der Waals surface area contributed by atoms with Gasteiger partial charge in [0.2, 0.25) is 0 Å². The maximum absolute atomic E-state index is 9.33. The second-order valence-corrected chi connectivity index (χ2v) is 0.810. The van der Waals surface area contributed by atoms with Crippen molar-refractivity contribution in [1.29, 1.82) is 0 Å². The van der Waals surface area contributed by atoms with E-state index in [-0.39, 0.29) is 20.4 Å². The first-order valence-corrected chi connectivity index (χ1v) is 1.74. The van der Waals surface area contributed by atoms with Crippen LogP contribution in [0.4, 0.5) is 0 Å². The SMILES string of the molecule is CC=CC=C=O.[Pd]. The number of hydrogen-bond donors (Lipinski definition) is 0. The molecule has 0 bridgehead atoms. The van der Waals surface area contributed by atoms with Crippen LogP contribution in [-0.4, -0.2) is 5.94 Å². The van der Waals surface area contributed by atoms with E-state index in [9.17, 15) is 4.79 Å². The molecule has 0 N–H and O–H groups in total. The Bertz CT molecular complexity index is 90.3. The minimum Gasteiger partial charge on any atom is -0.234 e. The topological polar surface area (TPSA) is 17.1 Å². The van der Waals surface area contributed by atoms with E-state index in [0.29, 0.717) is 0 Å². The van der Waals surface area contributed by atoms with Crippen molar-refractivity contribution < 1.29 is 25.2 Å². The van der Waals surface area contributed by atoms with Gasteiger partial charge in [-0.1, -0.05) is 12.2 Å². The molecule has 0 amide bonds. The van der Waals surface area contributed by atoms with E-state index < -0.39 is 0 Å². The van der Waals surface area contributed by atoms with Gasteiger partial charge in [0.25, 0.3) is 0 Å². The van der Waals surface area contributed by atoms with Crippen molar-refractivity contribution in [2.75, 3.05) is 0 Å². The van der Waals surface area contributed by atoms with E-state index in [1.807, 2.05) is 6.92 Å². The van der Waals surface area contributed by atoms with Crippen molar-refractivity contribution in [2.45, 2.75) is 6.92 Å². The summed E-state index contributed by atoms with van der Waals surface area (Å²) in [4.78, 5) is 9.33. The van der Waals surface area contributed by atoms with E-state index in [2.05, 4.69) is 0 Å². The van der Waals surface area contributed by atoms with Gasteiger partial charge in [-0.3, -0.25) is 0 Å². The predicted octanol–water partition coefficient (Wildman–Crippen LogP) is 0.948. The summed E-state index contributed by atoms with van der Waals surface area (Å²) in [5.41, 5.74) is 0. The fourth-order valence-corrected chi connectivity index (χ4v) is 0.136. The maximum Gasteiger partial charge on any atom is 0.124 e. The monoisotopic (exact) mass is 188 g/mol. The maximum atomic E-state index is 9.33. The van der Waals surface area contributed by atoms with E-state index in [1.165, 1.54) is 6.08 Å². The van der Waals surface area contributed by atoms with Crippen LogP contribution >= 0.6 is 0 Å². The molecule has 1 nitrogen and oxygen atoms in total. The Kier molecular flexibility index (Phi) is 13.2. The zero-order chi connectivity index (χ0) is 4.83. The molecule has 0 saturated carbocycles. The van der Waals surface area contributed by atoms with E-state index >= 15 is 0 Å². The molecule has 0 unspecified atom stereocenters. The molecule has 0 aromatic heterocycles. The fourth-order valence-electron chi connectivity index (χ4n) is 0.136. The van der Waals surface area contributed by atoms with Gasteiger partial charge in [0.1, 0.15) is 5.94 Å². The van der Waals surface area contributed by atoms with Gasteiger partial charge in [-0.15, -0.1) is 0 Å². The summed E-state index contributed by atoms with van der Waals surface area (Å²) in [5, 5.41) is 0. The first-order chi connectivity index (χ1) is 2.91. The zero-order valence-corrected chi connectivity index (χ0v) is 5.51. The molecule has 42 valence electrons. The first-order valence-electron chi connectivity index (χ1n) is 1.74. The number of rotatable bonds is 1. The van der Waals surface area contributed by atoms with Gasteiger partial charge < -0.3 is 0 Å². The summed E-state index contributed by atoms with van der Waals surface area (Å²) in [6.07, 6.45) is 4.72. The van der Waals surface area contributed by atoms with Gasteiger partial charge in [0, 0.05) is 26.5 Å². The van der Waals surface area contributed by atoms with Gasteiger partial charge >= 0.3 is 0 Å². The normalized spacial score (nSPS) is 7.00. The third-order valence-corrected chi connectivity index (χ3v) is 0.357. The Morgan fingerprint density at radius 2 is 2.14 bits per heavy atom. The summed E-state index contributed by atoms with van der Waals surface area (Å²) in [6, 6.07) is 0.